The molecule has 6 heteroatoms. The highest BCUT2D eigenvalue weighted by molar-refractivity contribution is 6.20. The van der Waals surface area contributed by atoms with E-state index in [2.05, 4.69) is 0 Å². The third kappa shape index (κ3) is 3.04. The van der Waals surface area contributed by atoms with Gasteiger partial charge in [0.05, 0.1) is 24.2 Å². The second kappa shape index (κ2) is 6.64. The second-order valence-corrected chi connectivity index (χ2v) is 5.34. The minimum Gasteiger partial charge on any atom is -0.380 e. The molecule has 0 atom stereocenters. The summed E-state index contributed by atoms with van der Waals surface area (Å²) in [6, 6.07) is 13.6. The number of methoxy groups -OCH3 is 1. The highest BCUT2D eigenvalue weighted by Gasteiger charge is 2.38. The zero-order valence-electron chi connectivity index (χ0n) is 13.0. The third-order valence-electron chi connectivity index (χ3n) is 3.60. The molecule has 1 aliphatic rings. The number of amides is 2. The number of ether oxygens (including phenoxy) is 1. The Kier molecular flexibility index (Phi) is 4.39. The van der Waals surface area contributed by atoms with Gasteiger partial charge in [-0.2, -0.15) is 0 Å². The van der Waals surface area contributed by atoms with Gasteiger partial charge in [-0.05, 0) is 23.3 Å². The van der Waals surface area contributed by atoms with Gasteiger partial charge < -0.3 is 9.57 Å². The molecule has 122 valence electrons. The quantitative estimate of drug-likeness (QED) is 0.788. The number of carbonyl (C=O) groups is 3. The van der Waals surface area contributed by atoms with Gasteiger partial charge in [0.1, 0.15) is 0 Å². The van der Waals surface area contributed by atoms with Crippen LogP contribution < -0.4 is 0 Å². The second-order valence-electron chi connectivity index (χ2n) is 5.34. The fourth-order valence-corrected chi connectivity index (χ4v) is 2.55. The van der Waals surface area contributed by atoms with Crippen molar-refractivity contribution in [1.29, 1.82) is 0 Å². The molecule has 0 bridgehead atoms. The Morgan fingerprint density at radius 1 is 0.958 bits per heavy atom. The Morgan fingerprint density at radius 2 is 1.58 bits per heavy atom. The Morgan fingerprint density at radius 3 is 2.21 bits per heavy atom. The lowest BCUT2D eigenvalue weighted by molar-refractivity contribution is -0.167. The zero-order valence-corrected chi connectivity index (χ0v) is 13.0. The van der Waals surface area contributed by atoms with Gasteiger partial charge in [-0.25, -0.2) is 4.79 Å². The SMILES string of the molecule is COCc1cccc(CC(=O)ON2C(=O)c3ccccc3C2=O)c1. The maximum atomic E-state index is 12.1. The first kappa shape index (κ1) is 15.9. The normalized spacial score (nSPS) is 13.1. The van der Waals surface area contributed by atoms with Crippen molar-refractivity contribution in [2.45, 2.75) is 13.0 Å². The molecule has 6 nitrogen and oxygen atoms in total. The van der Waals surface area contributed by atoms with E-state index in [0.29, 0.717) is 17.2 Å². The molecule has 0 aromatic heterocycles. The molecule has 24 heavy (non-hydrogen) atoms. The summed E-state index contributed by atoms with van der Waals surface area (Å²) in [5, 5.41) is 0.520. The van der Waals surface area contributed by atoms with Crippen LogP contribution >= 0.6 is 0 Å². The number of hydrogen-bond acceptors (Lipinski definition) is 5. The lowest BCUT2D eigenvalue weighted by Gasteiger charge is -2.13. The van der Waals surface area contributed by atoms with Crippen molar-refractivity contribution in [2.24, 2.45) is 0 Å². The Balaban J connectivity index is 1.69. The van der Waals surface area contributed by atoms with Gasteiger partial charge >= 0.3 is 5.97 Å². The van der Waals surface area contributed by atoms with Crippen LogP contribution in [0, 0.1) is 0 Å². The van der Waals surface area contributed by atoms with E-state index in [0.717, 1.165) is 5.56 Å². The molecule has 2 aromatic carbocycles. The molecular formula is C18H15NO5. The Labute approximate surface area is 138 Å². The topological polar surface area (TPSA) is 72.9 Å². The molecule has 0 N–H and O–H groups in total. The summed E-state index contributed by atoms with van der Waals surface area (Å²) in [7, 11) is 1.59. The van der Waals surface area contributed by atoms with E-state index < -0.39 is 17.8 Å². The van der Waals surface area contributed by atoms with E-state index in [1.807, 2.05) is 12.1 Å². The first-order chi connectivity index (χ1) is 11.6. The summed E-state index contributed by atoms with van der Waals surface area (Å²) < 4.78 is 5.05. The average molecular weight is 325 g/mol. The molecule has 0 radical (unpaired) electrons. The number of rotatable bonds is 5. The number of imide groups is 1. The molecule has 1 heterocycles. The molecule has 2 amide bonds. The van der Waals surface area contributed by atoms with E-state index >= 15 is 0 Å². The number of hydroxylamine groups is 2. The summed E-state index contributed by atoms with van der Waals surface area (Å²) in [4.78, 5) is 41.4. The molecule has 1 aliphatic heterocycles. The fourth-order valence-electron chi connectivity index (χ4n) is 2.55. The lowest BCUT2D eigenvalue weighted by atomic mass is 10.1. The fraction of sp³-hybridized carbons (Fsp3) is 0.167. The van der Waals surface area contributed by atoms with Crippen molar-refractivity contribution in [3.63, 3.8) is 0 Å². The van der Waals surface area contributed by atoms with Crippen LogP contribution in [-0.2, 0) is 27.4 Å². The van der Waals surface area contributed by atoms with Gasteiger partial charge in [0.15, 0.2) is 0 Å². The summed E-state index contributed by atoms with van der Waals surface area (Å²) in [6.07, 6.45) is -0.0506. The predicted molar refractivity (Wildman–Crippen MR) is 83.9 cm³/mol. The first-order valence-electron chi connectivity index (χ1n) is 7.35. The van der Waals surface area contributed by atoms with E-state index in [1.54, 1.807) is 31.4 Å². The number of benzene rings is 2. The summed E-state index contributed by atoms with van der Waals surface area (Å²) >= 11 is 0. The van der Waals surface area contributed by atoms with Crippen LogP contribution in [0.15, 0.2) is 48.5 Å². The largest absolute Gasteiger partial charge is 0.380 e. The van der Waals surface area contributed by atoms with Crippen LogP contribution in [-0.4, -0.2) is 30.0 Å². The van der Waals surface area contributed by atoms with Gasteiger partial charge in [0, 0.05) is 7.11 Å². The smallest absolute Gasteiger partial charge is 0.337 e. The molecule has 0 unspecified atom stereocenters. The van der Waals surface area contributed by atoms with Crippen molar-refractivity contribution in [1.82, 2.24) is 5.06 Å². The minimum absolute atomic E-state index is 0.0506. The molecule has 3 rings (SSSR count). The zero-order chi connectivity index (χ0) is 17.1. The van der Waals surface area contributed by atoms with Crippen LogP contribution in [0.3, 0.4) is 0 Å². The number of hydrogen-bond donors (Lipinski definition) is 0. The Hall–Kier alpha value is -2.99. The van der Waals surface area contributed by atoms with Crippen LogP contribution in [0.1, 0.15) is 31.8 Å². The highest BCUT2D eigenvalue weighted by Crippen LogP contribution is 2.23. The van der Waals surface area contributed by atoms with E-state index in [4.69, 9.17) is 9.57 Å². The molecule has 0 aliphatic carbocycles. The van der Waals surface area contributed by atoms with Crippen LogP contribution in [0.5, 0.6) is 0 Å². The van der Waals surface area contributed by atoms with Crippen molar-refractivity contribution in [3.05, 3.63) is 70.8 Å². The summed E-state index contributed by atoms with van der Waals surface area (Å²) in [5.41, 5.74) is 2.10. The lowest BCUT2D eigenvalue weighted by Crippen LogP contribution is -2.33. The molecule has 2 aromatic rings. The van der Waals surface area contributed by atoms with E-state index in [-0.39, 0.29) is 17.5 Å². The number of carbonyl (C=O) groups excluding carboxylic acids is 3. The first-order valence-corrected chi connectivity index (χ1v) is 7.35. The monoisotopic (exact) mass is 325 g/mol. The van der Waals surface area contributed by atoms with Crippen molar-refractivity contribution in [3.8, 4) is 0 Å². The van der Waals surface area contributed by atoms with Gasteiger partial charge in [0.25, 0.3) is 11.8 Å². The maximum absolute atomic E-state index is 12.1. The maximum Gasteiger partial charge on any atom is 0.337 e. The highest BCUT2D eigenvalue weighted by atomic mass is 16.7. The molecule has 0 spiro atoms. The van der Waals surface area contributed by atoms with Gasteiger partial charge in [-0.15, -0.1) is 0 Å². The van der Waals surface area contributed by atoms with Crippen LogP contribution in [0.25, 0.3) is 0 Å². The number of fused-ring (bicyclic) bond motifs is 1. The summed E-state index contributed by atoms with van der Waals surface area (Å²) in [6.45, 7) is 0.432. The average Bonchev–Trinajstić information content (AvgIpc) is 2.81. The van der Waals surface area contributed by atoms with E-state index in [9.17, 15) is 14.4 Å². The van der Waals surface area contributed by atoms with Gasteiger partial charge in [-0.3, -0.25) is 9.59 Å². The predicted octanol–water partition coefficient (Wildman–Crippen LogP) is 2.13. The molecule has 0 saturated carbocycles. The van der Waals surface area contributed by atoms with Gasteiger partial charge in [-0.1, -0.05) is 41.5 Å². The molecule has 0 fully saturated rings. The van der Waals surface area contributed by atoms with Crippen LogP contribution in [0.4, 0.5) is 0 Å². The van der Waals surface area contributed by atoms with Crippen molar-refractivity contribution < 1.29 is 24.0 Å². The Bertz CT molecular complexity index is 780. The van der Waals surface area contributed by atoms with Gasteiger partial charge in [0.2, 0.25) is 0 Å². The number of nitrogens with zero attached hydrogens (tertiary/aromatic N) is 1. The minimum atomic E-state index is -0.681. The van der Waals surface area contributed by atoms with Crippen molar-refractivity contribution >= 4 is 17.8 Å². The molecular weight excluding hydrogens is 310 g/mol. The van der Waals surface area contributed by atoms with Crippen molar-refractivity contribution in [2.75, 3.05) is 7.11 Å². The standard InChI is InChI=1S/C18H15NO5/c1-23-11-13-6-4-5-12(9-13)10-16(20)24-19-17(21)14-7-2-3-8-15(14)18(19)22/h2-9H,10-11H2,1H3. The van der Waals surface area contributed by atoms with E-state index in [1.165, 1.54) is 12.1 Å². The third-order valence-corrected chi connectivity index (χ3v) is 3.60. The van der Waals surface area contributed by atoms with Crippen LogP contribution in [0.2, 0.25) is 0 Å². The summed E-state index contributed by atoms with van der Waals surface area (Å²) in [5.74, 6) is -1.94. The molecule has 0 saturated heterocycles.